The lowest BCUT2D eigenvalue weighted by atomic mass is 10.0. The SMILES string of the molecule is C=C(C(O)C(C)COC)n1cncn1. The Labute approximate surface area is 83.0 Å². The fourth-order valence-corrected chi connectivity index (χ4v) is 1.17. The van der Waals surface area contributed by atoms with Crippen molar-refractivity contribution in [1.29, 1.82) is 0 Å². The van der Waals surface area contributed by atoms with Crippen LogP contribution in [0.3, 0.4) is 0 Å². The van der Waals surface area contributed by atoms with Gasteiger partial charge in [-0.3, -0.25) is 0 Å². The van der Waals surface area contributed by atoms with E-state index >= 15 is 0 Å². The van der Waals surface area contributed by atoms with E-state index in [0.717, 1.165) is 0 Å². The Morgan fingerprint density at radius 1 is 1.71 bits per heavy atom. The Morgan fingerprint density at radius 2 is 2.43 bits per heavy atom. The summed E-state index contributed by atoms with van der Waals surface area (Å²) in [6, 6.07) is 0. The van der Waals surface area contributed by atoms with E-state index in [9.17, 15) is 5.11 Å². The molecule has 0 aliphatic carbocycles. The van der Waals surface area contributed by atoms with Gasteiger partial charge in [0.15, 0.2) is 0 Å². The first-order valence-electron chi connectivity index (χ1n) is 4.37. The standard InChI is InChI=1S/C9H15N3O2/c1-7(4-14-3)9(13)8(2)12-6-10-5-11-12/h5-7,9,13H,2,4H2,1,3H3. The van der Waals surface area contributed by atoms with Crippen molar-refractivity contribution in [2.24, 2.45) is 5.92 Å². The number of methoxy groups -OCH3 is 1. The molecule has 78 valence electrons. The van der Waals surface area contributed by atoms with Crippen molar-refractivity contribution in [3.8, 4) is 0 Å². The number of hydrogen-bond donors (Lipinski definition) is 1. The maximum atomic E-state index is 9.82. The summed E-state index contributed by atoms with van der Waals surface area (Å²) >= 11 is 0. The zero-order valence-electron chi connectivity index (χ0n) is 8.42. The van der Waals surface area contributed by atoms with Crippen molar-refractivity contribution in [1.82, 2.24) is 14.8 Å². The monoisotopic (exact) mass is 197 g/mol. The molecule has 0 fully saturated rings. The molecule has 5 nitrogen and oxygen atoms in total. The molecule has 1 N–H and O–H groups in total. The van der Waals surface area contributed by atoms with Gasteiger partial charge < -0.3 is 9.84 Å². The summed E-state index contributed by atoms with van der Waals surface area (Å²) in [4.78, 5) is 3.78. The van der Waals surface area contributed by atoms with E-state index in [-0.39, 0.29) is 5.92 Å². The normalized spacial score (nSPS) is 15.1. The molecule has 0 aliphatic rings. The number of hydrogen-bond acceptors (Lipinski definition) is 4. The third-order valence-corrected chi connectivity index (χ3v) is 2.02. The molecule has 1 rings (SSSR count). The molecule has 0 aliphatic heterocycles. The summed E-state index contributed by atoms with van der Waals surface area (Å²) in [7, 11) is 1.60. The highest BCUT2D eigenvalue weighted by atomic mass is 16.5. The van der Waals surface area contributed by atoms with Crippen molar-refractivity contribution < 1.29 is 9.84 Å². The minimum atomic E-state index is -0.670. The topological polar surface area (TPSA) is 60.2 Å². The molecule has 0 aromatic carbocycles. The van der Waals surface area contributed by atoms with E-state index < -0.39 is 6.10 Å². The summed E-state index contributed by atoms with van der Waals surface area (Å²) in [6.45, 7) is 6.12. The van der Waals surface area contributed by atoms with Crippen LogP contribution < -0.4 is 0 Å². The summed E-state index contributed by atoms with van der Waals surface area (Å²) in [5.41, 5.74) is 0.507. The van der Waals surface area contributed by atoms with Gasteiger partial charge in [0.2, 0.25) is 0 Å². The third kappa shape index (κ3) is 2.40. The third-order valence-electron chi connectivity index (χ3n) is 2.02. The molecule has 1 heterocycles. The smallest absolute Gasteiger partial charge is 0.138 e. The molecule has 1 aromatic heterocycles. The van der Waals surface area contributed by atoms with Crippen LogP contribution in [0.4, 0.5) is 0 Å². The predicted molar refractivity (Wildman–Crippen MR) is 52.4 cm³/mol. The second kappa shape index (κ2) is 4.88. The molecular formula is C9H15N3O2. The van der Waals surface area contributed by atoms with E-state index in [2.05, 4.69) is 16.7 Å². The van der Waals surface area contributed by atoms with Gasteiger partial charge in [0.1, 0.15) is 18.8 Å². The Hall–Kier alpha value is -1.20. The highest BCUT2D eigenvalue weighted by Crippen LogP contribution is 2.14. The highest BCUT2D eigenvalue weighted by Gasteiger charge is 2.18. The maximum absolute atomic E-state index is 9.82. The summed E-state index contributed by atoms with van der Waals surface area (Å²) in [5.74, 6) is -0.0169. The fourth-order valence-electron chi connectivity index (χ4n) is 1.17. The molecule has 0 saturated heterocycles. The molecular weight excluding hydrogens is 182 g/mol. The minimum absolute atomic E-state index is 0.0169. The Balaban J connectivity index is 2.61. The maximum Gasteiger partial charge on any atom is 0.138 e. The van der Waals surface area contributed by atoms with Crippen LogP contribution in [0.2, 0.25) is 0 Å². The Morgan fingerprint density at radius 3 is 2.93 bits per heavy atom. The summed E-state index contributed by atoms with van der Waals surface area (Å²) < 4.78 is 6.40. The number of aliphatic hydroxyl groups excluding tert-OH is 1. The van der Waals surface area contributed by atoms with Crippen molar-refractivity contribution >= 4 is 5.70 Å². The van der Waals surface area contributed by atoms with E-state index in [1.54, 1.807) is 7.11 Å². The van der Waals surface area contributed by atoms with Crippen LogP contribution in [-0.2, 0) is 4.74 Å². The van der Waals surface area contributed by atoms with Crippen LogP contribution in [0.15, 0.2) is 19.2 Å². The molecule has 0 radical (unpaired) electrons. The van der Waals surface area contributed by atoms with Gasteiger partial charge in [-0.1, -0.05) is 13.5 Å². The van der Waals surface area contributed by atoms with Crippen molar-refractivity contribution in [3.05, 3.63) is 19.2 Å². The zero-order chi connectivity index (χ0) is 10.6. The molecule has 1 aromatic rings. The average Bonchev–Trinajstić information content (AvgIpc) is 2.68. The number of rotatable bonds is 5. The molecule has 5 heteroatoms. The Bertz CT molecular complexity index is 284. The average molecular weight is 197 g/mol. The summed E-state index contributed by atoms with van der Waals surface area (Å²) in [5, 5.41) is 13.7. The van der Waals surface area contributed by atoms with Gasteiger partial charge in [-0.15, -0.1) is 0 Å². The quantitative estimate of drug-likeness (QED) is 0.742. The lowest BCUT2D eigenvalue weighted by Gasteiger charge is -2.19. The highest BCUT2D eigenvalue weighted by molar-refractivity contribution is 5.44. The molecule has 0 spiro atoms. The minimum Gasteiger partial charge on any atom is -0.386 e. The lowest BCUT2D eigenvalue weighted by Crippen LogP contribution is -2.25. The van der Waals surface area contributed by atoms with Crippen LogP contribution in [0.1, 0.15) is 6.92 Å². The van der Waals surface area contributed by atoms with Crippen LogP contribution in [-0.4, -0.2) is 39.7 Å². The number of aromatic nitrogens is 3. The number of nitrogens with zero attached hydrogens (tertiary/aromatic N) is 3. The molecule has 0 bridgehead atoms. The molecule has 2 unspecified atom stereocenters. The predicted octanol–water partition coefficient (Wildman–Crippen LogP) is 0.392. The molecule has 0 amide bonds. The molecule has 14 heavy (non-hydrogen) atoms. The number of aliphatic hydroxyl groups is 1. The molecule has 2 atom stereocenters. The van der Waals surface area contributed by atoms with Crippen molar-refractivity contribution in [3.63, 3.8) is 0 Å². The van der Waals surface area contributed by atoms with Crippen molar-refractivity contribution in [2.75, 3.05) is 13.7 Å². The zero-order valence-corrected chi connectivity index (χ0v) is 8.42. The van der Waals surface area contributed by atoms with E-state index in [0.29, 0.717) is 12.3 Å². The van der Waals surface area contributed by atoms with E-state index in [4.69, 9.17) is 4.74 Å². The Kier molecular flexibility index (Phi) is 3.79. The first-order chi connectivity index (χ1) is 6.66. The molecule has 0 saturated carbocycles. The van der Waals surface area contributed by atoms with Crippen LogP contribution in [0.25, 0.3) is 5.70 Å². The largest absolute Gasteiger partial charge is 0.386 e. The summed E-state index contributed by atoms with van der Waals surface area (Å²) in [6.07, 6.45) is 2.24. The van der Waals surface area contributed by atoms with Gasteiger partial charge in [-0.25, -0.2) is 9.67 Å². The lowest BCUT2D eigenvalue weighted by molar-refractivity contribution is 0.0858. The second-order valence-corrected chi connectivity index (χ2v) is 3.21. The van der Waals surface area contributed by atoms with Gasteiger partial charge >= 0.3 is 0 Å². The van der Waals surface area contributed by atoms with Crippen LogP contribution in [0, 0.1) is 5.92 Å². The van der Waals surface area contributed by atoms with Crippen LogP contribution in [0.5, 0.6) is 0 Å². The van der Waals surface area contributed by atoms with Gasteiger partial charge in [-0.05, 0) is 0 Å². The van der Waals surface area contributed by atoms with Gasteiger partial charge in [0, 0.05) is 13.0 Å². The van der Waals surface area contributed by atoms with Crippen LogP contribution >= 0.6 is 0 Å². The first-order valence-corrected chi connectivity index (χ1v) is 4.37. The first kappa shape index (κ1) is 10.9. The van der Waals surface area contributed by atoms with Crippen molar-refractivity contribution in [2.45, 2.75) is 13.0 Å². The van der Waals surface area contributed by atoms with E-state index in [1.165, 1.54) is 17.3 Å². The van der Waals surface area contributed by atoms with Gasteiger partial charge in [-0.2, -0.15) is 5.10 Å². The fraction of sp³-hybridized carbons (Fsp3) is 0.556. The second-order valence-electron chi connectivity index (χ2n) is 3.21. The number of ether oxygens (including phenoxy) is 1. The van der Waals surface area contributed by atoms with Gasteiger partial charge in [0.25, 0.3) is 0 Å². The van der Waals surface area contributed by atoms with Gasteiger partial charge in [0.05, 0.1) is 12.3 Å². The van der Waals surface area contributed by atoms with E-state index in [1.807, 2.05) is 6.92 Å².